The fraction of sp³-hybridized carbons (Fsp3) is 0.375. The van der Waals surface area contributed by atoms with Crippen molar-refractivity contribution in [3.05, 3.63) is 42.1 Å². The van der Waals surface area contributed by atoms with Gasteiger partial charge in [-0.3, -0.25) is 9.98 Å². The zero-order valence-electron chi connectivity index (χ0n) is 13.0. The van der Waals surface area contributed by atoms with Crippen molar-refractivity contribution >= 4 is 26.7 Å². The molecule has 7 heteroatoms. The summed E-state index contributed by atoms with van der Waals surface area (Å²) in [5.74, 6) is 1.04. The smallest absolute Gasteiger partial charge is 0.191 e. The van der Waals surface area contributed by atoms with Gasteiger partial charge in [-0.05, 0) is 24.1 Å². The van der Waals surface area contributed by atoms with Crippen LogP contribution < -0.4 is 10.6 Å². The Morgan fingerprint density at radius 2 is 2.17 bits per heavy atom. The van der Waals surface area contributed by atoms with Crippen LogP contribution in [-0.2, 0) is 16.4 Å². The predicted molar refractivity (Wildman–Crippen MR) is 92.1 cm³/mol. The molecule has 1 fully saturated rings. The number of pyridine rings is 1. The molecule has 2 N–H and O–H groups in total. The summed E-state index contributed by atoms with van der Waals surface area (Å²) in [6.07, 6.45) is 2.42. The molecule has 122 valence electrons. The molecule has 1 aromatic heterocycles. The number of rotatable bonds is 3. The van der Waals surface area contributed by atoms with Crippen molar-refractivity contribution in [2.24, 2.45) is 4.99 Å². The summed E-state index contributed by atoms with van der Waals surface area (Å²) >= 11 is 0. The van der Waals surface area contributed by atoms with Crippen LogP contribution in [0.3, 0.4) is 0 Å². The second kappa shape index (κ2) is 6.54. The van der Waals surface area contributed by atoms with Gasteiger partial charge in [0.15, 0.2) is 15.8 Å². The molecule has 1 atom stereocenters. The number of nitrogens with one attached hydrogen (secondary N) is 2. The van der Waals surface area contributed by atoms with Gasteiger partial charge in [0.05, 0.1) is 17.0 Å². The molecule has 1 aliphatic heterocycles. The number of hydrogen-bond acceptors (Lipinski definition) is 4. The van der Waals surface area contributed by atoms with E-state index in [2.05, 4.69) is 20.6 Å². The SMILES string of the molecule is CN=C(NCc1ccnc2ccccc12)NC1CCS(=O)(=O)C1. The van der Waals surface area contributed by atoms with Crippen LogP contribution >= 0.6 is 0 Å². The molecule has 2 aromatic rings. The minimum atomic E-state index is -2.90. The summed E-state index contributed by atoms with van der Waals surface area (Å²) in [5, 5.41) is 7.53. The van der Waals surface area contributed by atoms with E-state index in [1.165, 1.54) is 0 Å². The molecule has 3 rings (SSSR count). The highest BCUT2D eigenvalue weighted by atomic mass is 32.2. The monoisotopic (exact) mass is 332 g/mol. The zero-order valence-corrected chi connectivity index (χ0v) is 13.8. The maximum atomic E-state index is 11.5. The van der Waals surface area contributed by atoms with Crippen LogP contribution in [0.15, 0.2) is 41.5 Å². The molecule has 6 nitrogen and oxygen atoms in total. The van der Waals surface area contributed by atoms with Crippen LogP contribution in [0.2, 0.25) is 0 Å². The number of hydrogen-bond donors (Lipinski definition) is 2. The lowest BCUT2D eigenvalue weighted by Gasteiger charge is -2.16. The van der Waals surface area contributed by atoms with Crippen molar-refractivity contribution in [1.29, 1.82) is 0 Å². The molecule has 1 unspecified atom stereocenters. The largest absolute Gasteiger partial charge is 0.353 e. The molecule has 23 heavy (non-hydrogen) atoms. The average molecular weight is 332 g/mol. The third kappa shape index (κ3) is 3.79. The second-order valence-electron chi connectivity index (χ2n) is 5.66. The first-order valence-corrected chi connectivity index (χ1v) is 9.40. The van der Waals surface area contributed by atoms with Crippen LogP contribution in [0.25, 0.3) is 10.9 Å². The lowest BCUT2D eigenvalue weighted by atomic mass is 10.1. The van der Waals surface area contributed by atoms with Crippen molar-refractivity contribution in [2.75, 3.05) is 18.6 Å². The summed E-state index contributed by atoms with van der Waals surface area (Å²) in [7, 11) is -1.21. The Kier molecular flexibility index (Phi) is 4.47. The Morgan fingerprint density at radius 1 is 1.35 bits per heavy atom. The Hall–Kier alpha value is -2.15. The lowest BCUT2D eigenvalue weighted by molar-refractivity contribution is 0.599. The highest BCUT2D eigenvalue weighted by Gasteiger charge is 2.28. The van der Waals surface area contributed by atoms with Crippen molar-refractivity contribution in [1.82, 2.24) is 15.6 Å². The summed E-state index contributed by atoms with van der Waals surface area (Å²) in [5.41, 5.74) is 2.08. The van der Waals surface area contributed by atoms with Crippen molar-refractivity contribution in [2.45, 2.75) is 19.0 Å². The third-order valence-corrected chi connectivity index (χ3v) is 5.75. The number of sulfone groups is 1. The minimum Gasteiger partial charge on any atom is -0.353 e. The van der Waals surface area contributed by atoms with E-state index in [0.717, 1.165) is 16.5 Å². The van der Waals surface area contributed by atoms with E-state index < -0.39 is 9.84 Å². The maximum absolute atomic E-state index is 11.5. The molecule has 1 aliphatic rings. The number of fused-ring (bicyclic) bond motifs is 1. The Labute approximate surface area is 136 Å². The minimum absolute atomic E-state index is 0.0691. The van der Waals surface area contributed by atoms with Gasteiger partial charge in [-0.1, -0.05) is 18.2 Å². The number of nitrogens with zero attached hydrogens (tertiary/aromatic N) is 2. The van der Waals surface area contributed by atoms with Gasteiger partial charge in [0.25, 0.3) is 0 Å². The molecule has 1 aromatic carbocycles. The molecule has 1 saturated heterocycles. The summed E-state index contributed by atoms with van der Waals surface area (Å²) in [6.45, 7) is 0.599. The van der Waals surface area contributed by atoms with Crippen LogP contribution in [0, 0.1) is 0 Å². The van der Waals surface area contributed by atoms with Crippen LogP contribution in [0.5, 0.6) is 0 Å². The first-order chi connectivity index (χ1) is 11.1. The Balaban J connectivity index is 1.66. The molecule has 0 bridgehead atoms. The molecular weight excluding hydrogens is 312 g/mol. The van der Waals surface area contributed by atoms with Gasteiger partial charge in [-0.2, -0.15) is 0 Å². The van der Waals surface area contributed by atoms with Crippen molar-refractivity contribution in [3.8, 4) is 0 Å². The van der Waals surface area contributed by atoms with E-state index in [1.54, 1.807) is 13.2 Å². The number of aromatic nitrogens is 1. The van der Waals surface area contributed by atoms with Gasteiger partial charge in [-0.15, -0.1) is 0 Å². The van der Waals surface area contributed by atoms with Gasteiger partial charge >= 0.3 is 0 Å². The van der Waals surface area contributed by atoms with Crippen molar-refractivity contribution in [3.63, 3.8) is 0 Å². The number of para-hydroxylation sites is 1. The Morgan fingerprint density at radius 3 is 2.91 bits per heavy atom. The molecule has 0 aliphatic carbocycles. The summed E-state index contributed by atoms with van der Waals surface area (Å²) < 4.78 is 23.1. The summed E-state index contributed by atoms with van der Waals surface area (Å²) in [4.78, 5) is 8.53. The van der Waals surface area contributed by atoms with E-state index in [-0.39, 0.29) is 17.5 Å². The van der Waals surface area contributed by atoms with Gasteiger partial charge < -0.3 is 10.6 Å². The molecule has 0 amide bonds. The fourth-order valence-corrected chi connectivity index (χ4v) is 4.46. The third-order valence-electron chi connectivity index (χ3n) is 3.98. The highest BCUT2D eigenvalue weighted by Crippen LogP contribution is 2.16. The number of guanidine groups is 1. The summed E-state index contributed by atoms with van der Waals surface area (Å²) in [6, 6.07) is 9.88. The van der Waals surface area contributed by atoms with Gasteiger partial charge in [0, 0.05) is 31.2 Å². The van der Waals surface area contributed by atoms with E-state index in [1.807, 2.05) is 30.3 Å². The maximum Gasteiger partial charge on any atom is 0.191 e. The number of benzene rings is 1. The van der Waals surface area contributed by atoms with E-state index in [4.69, 9.17) is 0 Å². The standard InChI is InChI=1S/C16H20N4O2S/c1-17-16(20-13-7-9-23(21,22)11-13)19-10-12-6-8-18-15-5-3-2-4-14(12)15/h2-6,8,13H,7,9-11H2,1H3,(H2,17,19,20). The van der Waals surface area contributed by atoms with Gasteiger partial charge in [0.1, 0.15) is 0 Å². The second-order valence-corrected chi connectivity index (χ2v) is 7.89. The lowest BCUT2D eigenvalue weighted by Crippen LogP contribution is -2.43. The fourth-order valence-electron chi connectivity index (χ4n) is 2.79. The average Bonchev–Trinajstić information content (AvgIpc) is 2.90. The van der Waals surface area contributed by atoms with Crippen LogP contribution in [0.1, 0.15) is 12.0 Å². The van der Waals surface area contributed by atoms with Crippen molar-refractivity contribution < 1.29 is 8.42 Å². The normalized spacial score (nSPS) is 20.6. The molecule has 0 spiro atoms. The van der Waals surface area contributed by atoms with Gasteiger partial charge in [-0.25, -0.2) is 8.42 Å². The molecule has 0 radical (unpaired) electrons. The quantitative estimate of drug-likeness (QED) is 0.649. The first-order valence-electron chi connectivity index (χ1n) is 7.57. The molecule has 0 saturated carbocycles. The van der Waals surface area contributed by atoms with E-state index >= 15 is 0 Å². The Bertz CT molecular complexity index is 828. The highest BCUT2D eigenvalue weighted by molar-refractivity contribution is 7.91. The topological polar surface area (TPSA) is 83.4 Å². The van der Waals surface area contributed by atoms with Gasteiger partial charge in [0.2, 0.25) is 0 Å². The molecular formula is C16H20N4O2S. The molecule has 2 heterocycles. The first kappa shape index (κ1) is 15.7. The predicted octanol–water partition coefficient (Wildman–Crippen LogP) is 1.09. The van der Waals surface area contributed by atoms with E-state index in [9.17, 15) is 8.42 Å². The van der Waals surface area contributed by atoms with Crippen LogP contribution in [-0.4, -0.2) is 44.0 Å². The zero-order chi connectivity index (χ0) is 16.3. The van der Waals surface area contributed by atoms with E-state index in [0.29, 0.717) is 18.9 Å². The number of aliphatic imine (C=N–C) groups is 1. The van der Waals surface area contributed by atoms with Crippen LogP contribution in [0.4, 0.5) is 0 Å².